The van der Waals surface area contributed by atoms with Gasteiger partial charge < -0.3 is 10.2 Å². The van der Waals surface area contributed by atoms with Crippen molar-refractivity contribution in [3.8, 4) is 6.07 Å². The number of piperidine rings is 3. The van der Waals surface area contributed by atoms with Crippen LogP contribution < -0.4 is 5.32 Å². The normalized spacial score (nSPS) is 26.8. The van der Waals surface area contributed by atoms with E-state index in [2.05, 4.69) is 26.5 Å². The lowest BCUT2D eigenvalue weighted by atomic mass is 9.84. The zero-order valence-corrected chi connectivity index (χ0v) is 12.2. The number of fused-ring (bicyclic) bond motifs is 4. The fraction of sp³-hybridized carbons (Fsp3) is 0.438. The number of H-pyrrole nitrogens is 1. The van der Waals surface area contributed by atoms with Crippen molar-refractivity contribution in [2.45, 2.75) is 18.9 Å². The van der Waals surface area contributed by atoms with Gasteiger partial charge in [0.1, 0.15) is 0 Å². The second-order valence-corrected chi connectivity index (χ2v) is 6.16. The van der Waals surface area contributed by atoms with Gasteiger partial charge in [-0.1, -0.05) is 0 Å². The highest BCUT2D eigenvalue weighted by Crippen LogP contribution is 2.28. The van der Waals surface area contributed by atoms with Gasteiger partial charge in [0.2, 0.25) is 0 Å². The number of hydrogen-bond acceptors (Lipinski definition) is 4. The van der Waals surface area contributed by atoms with Crippen molar-refractivity contribution in [3.05, 3.63) is 29.5 Å². The van der Waals surface area contributed by atoms with Gasteiger partial charge >= 0.3 is 0 Å². The Kier molecular flexibility index (Phi) is 3.09. The number of nitrogens with zero attached hydrogens (tertiary/aromatic N) is 3. The molecule has 2 bridgehead atoms. The van der Waals surface area contributed by atoms with Crippen molar-refractivity contribution >= 4 is 16.8 Å². The third kappa shape index (κ3) is 2.14. The number of benzene rings is 1. The van der Waals surface area contributed by atoms with E-state index < -0.39 is 0 Å². The first kappa shape index (κ1) is 13.3. The minimum Gasteiger partial charge on any atom is -0.346 e. The fourth-order valence-corrected chi connectivity index (χ4v) is 3.62. The molecule has 5 rings (SSSR count). The number of carbonyl (C=O) groups is 1. The van der Waals surface area contributed by atoms with Crippen LogP contribution >= 0.6 is 0 Å². The molecule has 3 fully saturated rings. The molecule has 3 aliphatic heterocycles. The van der Waals surface area contributed by atoms with E-state index in [-0.39, 0.29) is 11.9 Å². The Morgan fingerprint density at radius 1 is 1.41 bits per heavy atom. The zero-order chi connectivity index (χ0) is 15.1. The number of amides is 1. The lowest BCUT2D eigenvalue weighted by molar-refractivity contribution is 0.0618. The molecule has 3 aliphatic rings. The van der Waals surface area contributed by atoms with Crippen molar-refractivity contribution in [3.63, 3.8) is 0 Å². The molecule has 2 N–H and O–H groups in total. The molecule has 6 heteroatoms. The molecule has 0 spiro atoms. The van der Waals surface area contributed by atoms with Crippen molar-refractivity contribution in [2.75, 3.05) is 19.6 Å². The Hall–Kier alpha value is -2.39. The highest BCUT2D eigenvalue weighted by molar-refractivity contribution is 6.05. The van der Waals surface area contributed by atoms with E-state index in [1.54, 1.807) is 18.2 Å². The molecule has 22 heavy (non-hydrogen) atoms. The van der Waals surface area contributed by atoms with Crippen LogP contribution in [0.25, 0.3) is 10.9 Å². The number of hydrogen-bond donors (Lipinski definition) is 2. The first-order valence-electron chi connectivity index (χ1n) is 7.66. The average molecular weight is 295 g/mol. The van der Waals surface area contributed by atoms with Gasteiger partial charge in [0.25, 0.3) is 5.91 Å². The van der Waals surface area contributed by atoms with Crippen LogP contribution in [-0.4, -0.2) is 46.7 Å². The summed E-state index contributed by atoms with van der Waals surface area (Å²) < 4.78 is 0. The molecule has 1 atom stereocenters. The Morgan fingerprint density at radius 3 is 2.91 bits per heavy atom. The number of nitriles is 1. The predicted molar refractivity (Wildman–Crippen MR) is 81.2 cm³/mol. The minimum atomic E-state index is -0.153. The number of carbonyl (C=O) groups excluding carboxylic acids is 1. The van der Waals surface area contributed by atoms with Gasteiger partial charge in [0.05, 0.1) is 17.1 Å². The molecule has 1 aromatic heterocycles. The summed E-state index contributed by atoms with van der Waals surface area (Å²) in [6.45, 7) is 3.23. The molecule has 1 amide bonds. The van der Waals surface area contributed by atoms with E-state index in [4.69, 9.17) is 5.26 Å². The van der Waals surface area contributed by atoms with Crippen LogP contribution in [0, 0.1) is 17.2 Å². The van der Waals surface area contributed by atoms with Crippen LogP contribution in [0.2, 0.25) is 0 Å². The molecule has 2 aromatic rings. The molecular formula is C16H17N5O. The summed E-state index contributed by atoms with van der Waals surface area (Å²) in [5.41, 5.74) is 1.69. The summed E-state index contributed by atoms with van der Waals surface area (Å²) in [6.07, 6.45) is 2.32. The number of nitrogens with one attached hydrogen (secondary N) is 2. The van der Waals surface area contributed by atoms with Crippen LogP contribution in [0.4, 0.5) is 0 Å². The van der Waals surface area contributed by atoms with E-state index >= 15 is 0 Å². The van der Waals surface area contributed by atoms with E-state index in [0.29, 0.717) is 22.6 Å². The van der Waals surface area contributed by atoms with Crippen molar-refractivity contribution in [2.24, 2.45) is 5.92 Å². The lowest BCUT2D eigenvalue weighted by Gasteiger charge is -2.44. The predicted octanol–water partition coefficient (Wildman–Crippen LogP) is 1.26. The SMILES string of the molecule is N#Cc1ccc2[nH]nc(C(=O)N[C@@H]3CN4CCC3CC4)c2c1. The van der Waals surface area contributed by atoms with Crippen molar-refractivity contribution < 1.29 is 4.79 Å². The standard InChI is InChI=1S/C16H17N5O/c17-8-10-1-2-13-12(7-10)15(20-19-13)16(22)18-14-9-21-5-3-11(14)4-6-21/h1-2,7,11,14H,3-6,9H2,(H,18,22)(H,19,20)/t14-/m1/s1. The Morgan fingerprint density at radius 2 is 2.23 bits per heavy atom. The van der Waals surface area contributed by atoms with Crippen LogP contribution in [0.5, 0.6) is 0 Å². The van der Waals surface area contributed by atoms with Gasteiger partial charge in [-0.15, -0.1) is 0 Å². The third-order valence-electron chi connectivity index (χ3n) is 4.88. The molecule has 6 nitrogen and oxygen atoms in total. The fourth-order valence-electron chi connectivity index (χ4n) is 3.62. The Labute approximate surface area is 128 Å². The molecular weight excluding hydrogens is 278 g/mol. The Balaban J connectivity index is 1.59. The van der Waals surface area contributed by atoms with Gasteiger partial charge in [-0.05, 0) is 50.0 Å². The molecule has 0 saturated carbocycles. The summed E-state index contributed by atoms with van der Waals surface area (Å²) in [7, 11) is 0. The van der Waals surface area contributed by atoms with E-state index in [9.17, 15) is 4.79 Å². The van der Waals surface area contributed by atoms with Crippen LogP contribution in [0.1, 0.15) is 28.9 Å². The highest BCUT2D eigenvalue weighted by Gasteiger charge is 2.35. The second-order valence-electron chi connectivity index (χ2n) is 6.16. The first-order valence-corrected chi connectivity index (χ1v) is 7.66. The summed E-state index contributed by atoms with van der Waals surface area (Å²) in [4.78, 5) is 15.0. The van der Waals surface area contributed by atoms with Crippen LogP contribution in [0.15, 0.2) is 18.2 Å². The van der Waals surface area contributed by atoms with Crippen LogP contribution in [-0.2, 0) is 0 Å². The minimum absolute atomic E-state index is 0.153. The number of aromatic nitrogens is 2. The van der Waals surface area contributed by atoms with Crippen molar-refractivity contribution in [1.82, 2.24) is 20.4 Å². The molecule has 0 unspecified atom stereocenters. The molecule has 0 aliphatic carbocycles. The summed E-state index contributed by atoms with van der Waals surface area (Å²) in [5.74, 6) is 0.425. The van der Waals surface area contributed by atoms with Gasteiger partial charge in [0.15, 0.2) is 5.69 Å². The monoisotopic (exact) mass is 295 g/mol. The van der Waals surface area contributed by atoms with Gasteiger partial charge in [-0.2, -0.15) is 10.4 Å². The average Bonchev–Trinajstić information content (AvgIpc) is 2.99. The van der Waals surface area contributed by atoms with E-state index in [1.165, 1.54) is 0 Å². The molecule has 112 valence electrons. The molecule has 0 radical (unpaired) electrons. The summed E-state index contributed by atoms with van der Waals surface area (Å²) in [6, 6.07) is 7.52. The zero-order valence-electron chi connectivity index (χ0n) is 12.2. The van der Waals surface area contributed by atoms with E-state index in [0.717, 1.165) is 38.0 Å². The maximum atomic E-state index is 12.6. The quantitative estimate of drug-likeness (QED) is 0.873. The largest absolute Gasteiger partial charge is 0.346 e. The lowest BCUT2D eigenvalue weighted by Crippen LogP contribution is -2.57. The van der Waals surface area contributed by atoms with E-state index in [1.807, 2.05) is 0 Å². The highest BCUT2D eigenvalue weighted by atomic mass is 16.2. The molecule has 4 heterocycles. The summed E-state index contributed by atoms with van der Waals surface area (Å²) in [5, 5.41) is 19.9. The molecule has 1 aromatic carbocycles. The molecule has 3 saturated heterocycles. The number of aromatic amines is 1. The van der Waals surface area contributed by atoms with Crippen LogP contribution in [0.3, 0.4) is 0 Å². The Bertz CT molecular complexity index is 766. The topological polar surface area (TPSA) is 84.8 Å². The maximum Gasteiger partial charge on any atom is 0.272 e. The van der Waals surface area contributed by atoms with Gasteiger partial charge in [-0.3, -0.25) is 9.89 Å². The van der Waals surface area contributed by atoms with Crippen molar-refractivity contribution in [1.29, 1.82) is 5.26 Å². The number of rotatable bonds is 2. The first-order chi connectivity index (χ1) is 10.7. The summed E-state index contributed by atoms with van der Waals surface area (Å²) >= 11 is 0. The smallest absolute Gasteiger partial charge is 0.272 e. The second kappa shape index (κ2) is 5.11. The third-order valence-corrected chi connectivity index (χ3v) is 4.88. The van der Waals surface area contributed by atoms with Gasteiger partial charge in [0, 0.05) is 18.0 Å². The van der Waals surface area contributed by atoms with Gasteiger partial charge in [-0.25, -0.2) is 0 Å². The maximum absolute atomic E-state index is 12.6.